The number of hydrogen-bond acceptors (Lipinski definition) is 4. The third kappa shape index (κ3) is 4.18. The lowest BCUT2D eigenvalue weighted by atomic mass is 10.0. The van der Waals surface area contributed by atoms with Crippen molar-refractivity contribution in [1.29, 1.82) is 0 Å². The van der Waals surface area contributed by atoms with Crippen molar-refractivity contribution in [2.45, 2.75) is 25.3 Å². The van der Waals surface area contributed by atoms with Crippen molar-refractivity contribution < 1.29 is 28.2 Å². The van der Waals surface area contributed by atoms with Crippen LogP contribution < -0.4 is 5.32 Å². The first-order chi connectivity index (χ1) is 8.73. The van der Waals surface area contributed by atoms with E-state index >= 15 is 0 Å². The second kappa shape index (κ2) is 5.98. The molecule has 2 atom stereocenters. The largest absolute Gasteiger partial charge is 0.416 e. The number of halogens is 3. The van der Waals surface area contributed by atoms with E-state index in [1.54, 1.807) is 0 Å². The van der Waals surface area contributed by atoms with E-state index < -0.39 is 35.4 Å². The lowest BCUT2D eigenvalue weighted by Gasteiger charge is -2.21. The van der Waals surface area contributed by atoms with Crippen LogP contribution in [-0.4, -0.2) is 33.8 Å². The number of aliphatic hydroxyl groups excluding tert-OH is 2. The van der Waals surface area contributed by atoms with Crippen LogP contribution in [0.4, 0.5) is 13.2 Å². The number of carbonyl (C=O) groups excluding carboxylic acids is 1. The van der Waals surface area contributed by atoms with Crippen LogP contribution >= 0.6 is 0 Å². The fraction of sp³-hybridized carbons (Fsp3) is 0.455. The zero-order chi connectivity index (χ0) is 14.6. The number of aliphatic hydroxyl groups is 2. The summed E-state index contributed by atoms with van der Waals surface area (Å²) in [5.41, 5.74) is -1.61. The molecule has 1 heterocycles. The summed E-state index contributed by atoms with van der Waals surface area (Å²) in [6.07, 6.45) is -6.23. The monoisotopic (exact) mass is 278 g/mol. The molecule has 19 heavy (non-hydrogen) atoms. The van der Waals surface area contributed by atoms with Crippen LogP contribution in [0.5, 0.6) is 0 Å². The molecule has 0 aliphatic carbocycles. The van der Waals surface area contributed by atoms with Gasteiger partial charge in [-0.1, -0.05) is 0 Å². The van der Waals surface area contributed by atoms with Crippen molar-refractivity contribution in [3.05, 3.63) is 29.6 Å². The molecule has 0 bridgehead atoms. The predicted octanol–water partition coefficient (Wildman–Crippen LogP) is 0.631. The fourth-order valence-electron chi connectivity index (χ4n) is 1.47. The molecule has 3 N–H and O–H groups in total. The van der Waals surface area contributed by atoms with Gasteiger partial charge in [0.15, 0.2) is 0 Å². The predicted molar refractivity (Wildman–Crippen MR) is 58.9 cm³/mol. The summed E-state index contributed by atoms with van der Waals surface area (Å²) in [5.74, 6) is -0.464. The minimum absolute atomic E-state index is 0.358. The molecule has 0 saturated carbocycles. The molecule has 5 nitrogen and oxygen atoms in total. The summed E-state index contributed by atoms with van der Waals surface area (Å²) >= 11 is 0. The van der Waals surface area contributed by atoms with E-state index in [-0.39, 0.29) is 6.54 Å². The minimum Gasteiger partial charge on any atom is -0.388 e. The molecule has 8 heteroatoms. The molecular weight excluding hydrogens is 265 g/mol. The lowest BCUT2D eigenvalue weighted by molar-refractivity contribution is -0.140. The first-order valence-electron chi connectivity index (χ1n) is 5.35. The smallest absolute Gasteiger partial charge is 0.388 e. The molecule has 0 aromatic carbocycles. The number of aromatic nitrogens is 1. The normalized spacial score (nSPS) is 14.8. The SMILES string of the molecule is CC(=O)NCC(O)C(O)c1cnccc1C(F)(F)F. The molecule has 0 aliphatic heterocycles. The molecule has 1 amide bonds. The average molecular weight is 278 g/mol. The van der Waals surface area contributed by atoms with Crippen LogP contribution in [0.2, 0.25) is 0 Å². The van der Waals surface area contributed by atoms with E-state index in [0.29, 0.717) is 6.07 Å². The molecule has 0 aliphatic rings. The summed E-state index contributed by atoms with van der Waals surface area (Å²) in [6.45, 7) is 0.826. The fourth-order valence-corrected chi connectivity index (χ4v) is 1.47. The minimum atomic E-state index is -4.66. The molecule has 2 unspecified atom stereocenters. The highest BCUT2D eigenvalue weighted by Crippen LogP contribution is 2.34. The molecule has 0 spiro atoms. The summed E-state index contributed by atoms with van der Waals surface area (Å²) in [5, 5.41) is 21.5. The van der Waals surface area contributed by atoms with Crippen molar-refractivity contribution in [2.24, 2.45) is 0 Å². The summed E-state index contributed by atoms with van der Waals surface area (Å²) in [7, 11) is 0. The standard InChI is InChI=1S/C11H13F3N2O3/c1-6(17)16-5-9(18)10(19)7-4-15-3-2-8(7)11(12,13)14/h2-4,9-10,18-19H,5H2,1H3,(H,16,17). The molecule has 0 saturated heterocycles. The Labute approximate surface area is 107 Å². The number of hydrogen-bond donors (Lipinski definition) is 3. The molecule has 0 radical (unpaired) electrons. The van der Waals surface area contributed by atoms with E-state index in [2.05, 4.69) is 10.3 Å². The molecule has 1 aromatic heterocycles. The quantitative estimate of drug-likeness (QED) is 0.754. The number of amides is 1. The molecule has 1 rings (SSSR count). The number of rotatable bonds is 4. The van der Waals surface area contributed by atoms with Crippen LogP contribution in [0.1, 0.15) is 24.2 Å². The van der Waals surface area contributed by atoms with Crippen molar-refractivity contribution in [1.82, 2.24) is 10.3 Å². The Morgan fingerprint density at radius 3 is 2.63 bits per heavy atom. The average Bonchev–Trinajstić information content (AvgIpc) is 2.34. The Bertz CT molecular complexity index is 451. The number of nitrogens with zero attached hydrogens (tertiary/aromatic N) is 1. The Balaban J connectivity index is 2.93. The van der Waals surface area contributed by atoms with E-state index in [0.717, 1.165) is 12.4 Å². The highest BCUT2D eigenvalue weighted by Gasteiger charge is 2.36. The first kappa shape index (κ1) is 15.4. The van der Waals surface area contributed by atoms with Gasteiger partial charge in [0.2, 0.25) is 5.91 Å². The third-order valence-electron chi connectivity index (χ3n) is 2.40. The Morgan fingerprint density at radius 1 is 1.47 bits per heavy atom. The van der Waals surface area contributed by atoms with Crippen molar-refractivity contribution in [3.63, 3.8) is 0 Å². The lowest BCUT2D eigenvalue weighted by Crippen LogP contribution is -2.35. The maximum Gasteiger partial charge on any atom is 0.416 e. The van der Waals surface area contributed by atoms with Gasteiger partial charge in [0, 0.05) is 31.4 Å². The van der Waals surface area contributed by atoms with Gasteiger partial charge in [0.25, 0.3) is 0 Å². The first-order valence-corrected chi connectivity index (χ1v) is 5.35. The van der Waals surface area contributed by atoms with Crippen molar-refractivity contribution in [3.8, 4) is 0 Å². The highest BCUT2D eigenvalue weighted by atomic mass is 19.4. The van der Waals surface area contributed by atoms with Gasteiger partial charge in [-0.3, -0.25) is 9.78 Å². The molecular formula is C11H13F3N2O3. The topological polar surface area (TPSA) is 82.5 Å². The molecule has 106 valence electrons. The van der Waals surface area contributed by atoms with Gasteiger partial charge in [0.05, 0.1) is 5.56 Å². The molecule has 0 fully saturated rings. The van der Waals surface area contributed by atoms with Crippen LogP contribution in [0, 0.1) is 0 Å². The number of alkyl halides is 3. The summed E-state index contributed by atoms with van der Waals surface area (Å²) in [4.78, 5) is 14.1. The van der Waals surface area contributed by atoms with Gasteiger partial charge in [0.1, 0.15) is 12.2 Å². The van der Waals surface area contributed by atoms with Gasteiger partial charge in [-0.25, -0.2) is 0 Å². The second-order valence-electron chi connectivity index (χ2n) is 3.91. The zero-order valence-corrected chi connectivity index (χ0v) is 9.98. The van der Waals surface area contributed by atoms with E-state index in [4.69, 9.17) is 0 Å². The van der Waals surface area contributed by atoms with Gasteiger partial charge in [-0.05, 0) is 6.07 Å². The zero-order valence-electron chi connectivity index (χ0n) is 9.98. The summed E-state index contributed by atoms with van der Waals surface area (Å²) < 4.78 is 38.1. The maximum atomic E-state index is 12.7. The third-order valence-corrected chi connectivity index (χ3v) is 2.40. The van der Waals surface area contributed by atoms with Crippen molar-refractivity contribution >= 4 is 5.91 Å². The van der Waals surface area contributed by atoms with Crippen LogP contribution in [0.3, 0.4) is 0 Å². The van der Waals surface area contributed by atoms with E-state index in [1.807, 2.05) is 0 Å². The molecule has 1 aromatic rings. The highest BCUT2D eigenvalue weighted by molar-refractivity contribution is 5.72. The number of carbonyl (C=O) groups is 1. The van der Waals surface area contributed by atoms with Gasteiger partial charge in [-0.2, -0.15) is 13.2 Å². The Morgan fingerprint density at radius 2 is 2.11 bits per heavy atom. The summed E-state index contributed by atoms with van der Waals surface area (Å²) in [6, 6.07) is 0.712. The van der Waals surface area contributed by atoms with E-state index in [9.17, 15) is 28.2 Å². The van der Waals surface area contributed by atoms with Gasteiger partial charge < -0.3 is 15.5 Å². The van der Waals surface area contributed by atoms with E-state index in [1.165, 1.54) is 6.92 Å². The van der Waals surface area contributed by atoms with Crippen LogP contribution in [0.15, 0.2) is 18.5 Å². The maximum absolute atomic E-state index is 12.7. The second-order valence-corrected chi connectivity index (χ2v) is 3.91. The van der Waals surface area contributed by atoms with Gasteiger partial charge >= 0.3 is 6.18 Å². The Kier molecular flexibility index (Phi) is 4.84. The van der Waals surface area contributed by atoms with Crippen LogP contribution in [-0.2, 0) is 11.0 Å². The van der Waals surface area contributed by atoms with Gasteiger partial charge in [-0.15, -0.1) is 0 Å². The number of pyridine rings is 1. The van der Waals surface area contributed by atoms with Crippen molar-refractivity contribution in [2.75, 3.05) is 6.54 Å². The van der Waals surface area contributed by atoms with Crippen LogP contribution in [0.25, 0.3) is 0 Å². The number of nitrogens with one attached hydrogen (secondary N) is 1. The Hall–Kier alpha value is -1.67.